The van der Waals surface area contributed by atoms with Crippen molar-refractivity contribution in [1.82, 2.24) is 9.78 Å². The van der Waals surface area contributed by atoms with E-state index in [0.717, 1.165) is 6.07 Å². The van der Waals surface area contributed by atoms with Crippen LogP contribution in [-0.2, 0) is 6.54 Å². The Labute approximate surface area is 141 Å². The zero-order valence-corrected chi connectivity index (χ0v) is 13.1. The topological polar surface area (TPSA) is 80.3 Å². The van der Waals surface area contributed by atoms with Crippen molar-refractivity contribution in [3.05, 3.63) is 59.1 Å². The number of hydrogen-bond acceptors (Lipinski definition) is 4. The number of carbonyl (C=O) groups is 1. The Balaban J connectivity index is 1.93. The minimum atomic E-state index is -0.723. The van der Waals surface area contributed by atoms with Crippen LogP contribution in [0.1, 0.15) is 10.4 Å². The third-order valence-electron chi connectivity index (χ3n) is 3.30. The fourth-order valence-corrected chi connectivity index (χ4v) is 2.47. The number of carbonyl (C=O) groups excluding carboxylic acids is 1. The smallest absolute Gasteiger partial charge is 0.261 e. The van der Waals surface area contributed by atoms with Crippen LogP contribution in [0.2, 0.25) is 5.02 Å². The summed E-state index contributed by atoms with van der Waals surface area (Å²) in [5.41, 5.74) is 0.221. The van der Waals surface area contributed by atoms with E-state index in [1.807, 2.05) is 0 Å². The summed E-state index contributed by atoms with van der Waals surface area (Å²) in [5, 5.41) is 16.0. The molecule has 24 heavy (non-hydrogen) atoms. The number of aliphatic hydroxyl groups is 1. The number of nitrogens with one attached hydrogen (secondary N) is 1. The largest absolute Gasteiger partial charge is 0.463 e. The van der Waals surface area contributed by atoms with Crippen molar-refractivity contribution in [3.8, 4) is 11.5 Å². The number of amides is 1. The number of halogens is 2. The molecule has 0 aliphatic carbocycles. The minimum absolute atomic E-state index is 0.00646. The molecule has 0 aliphatic rings. The second-order valence-corrected chi connectivity index (χ2v) is 5.30. The SMILES string of the molecule is O=C(Nc1cc(-c2ccco2)nn1CCO)c1c(F)cccc1Cl. The minimum Gasteiger partial charge on any atom is -0.463 e. The molecule has 0 unspecified atom stereocenters. The molecule has 0 spiro atoms. The predicted octanol–water partition coefficient (Wildman–Crippen LogP) is 3.18. The number of aliphatic hydroxyl groups excluding tert-OH is 1. The highest BCUT2D eigenvalue weighted by atomic mass is 35.5. The monoisotopic (exact) mass is 349 g/mol. The molecule has 1 amide bonds. The number of aromatic nitrogens is 2. The quantitative estimate of drug-likeness (QED) is 0.741. The fraction of sp³-hybridized carbons (Fsp3) is 0.125. The van der Waals surface area contributed by atoms with Crippen LogP contribution in [0.15, 0.2) is 47.1 Å². The van der Waals surface area contributed by atoms with Crippen molar-refractivity contribution in [3.63, 3.8) is 0 Å². The fourth-order valence-electron chi connectivity index (χ4n) is 2.22. The van der Waals surface area contributed by atoms with Crippen LogP contribution in [-0.4, -0.2) is 27.4 Å². The third kappa shape index (κ3) is 3.17. The number of rotatable bonds is 5. The van der Waals surface area contributed by atoms with Crippen LogP contribution in [0.4, 0.5) is 10.2 Å². The van der Waals surface area contributed by atoms with Gasteiger partial charge < -0.3 is 14.8 Å². The molecular formula is C16H13ClFN3O3. The van der Waals surface area contributed by atoms with Crippen LogP contribution in [0.5, 0.6) is 0 Å². The van der Waals surface area contributed by atoms with Gasteiger partial charge in [-0.05, 0) is 24.3 Å². The van der Waals surface area contributed by atoms with Crippen molar-refractivity contribution in [1.29, 1.82) is 0 Å². The van der Waals surface area contributed by atoms with Crippen molar-refractivity contribution >= 4 is 23.3 Å². The Bertz CT molecular complexity index is 841. The van der Waals surface area contributed by atoms with Crippen molar-refractivity contribution in [2.75, 3.05) is 11.9 Å². The van der Waals surface area contributed by atoms with Gasteiger partial charge in [0.15, 0.2) is 5.76 Å². The summed E-state index contributed by atoms with van der Waals surface area (Å²) in [6.07, 6.45) is 1.50. The predicted molar refractivity (Wildman–Crippen MR) is 86.4 cm³/mol. The summed E-state index contributed by atoms with van der Waals surface area (Å²) in [6, 6.07) is 8.99. The number of hydrogen-bond donors (Lipinski definition) is 2. The first kappa shape index (κ1) is 16.2. The molecule has 6 nitrogen and oxygen atoms in total. The second kappa shape index (κ2) is 6.86. The average molecular weight is 350 g/mol. The van der Waals surface area contributed by atoms with E-state index in [1.165, 1.54) is 23.1 Å². The summed E-state index contributed by atoms with van der Waals surface area (Å²) < 4.78 is 20.5. The molecule has 0 fully saturated rings. The molecule has 0 radical (unpaired) electrons. The van der Waals surface area contributed by atoms with E-state index in [-0.39, 0.29) is 23.7 Å². The molecule has 1 aromatic carbocycles. The summed E-state index contributed by atoms with van der Waals surface area (Å²) in [7, 11) is 0. The lowest BCUT2D eigenvalue weighted by Crippen LogP contribution is -2.18. The maximum atomic E-state index is 13.9. The molecule has 2 heterocycles. The molecule has 124 valence electrons. The summed E-state index contributed by atoms with van der Waals surface area (Å²) in [6.45, 7) is -0.0239. The van der Waals surface area contributed by atoms with E-state index in [2.05, 4.69) is 10.4 Å². The molecule has 0 bridgehead atoms. The van der Waals surface area contributed by atoms with Crippen LogP contribution in [0.25, 0.3) is 11.5 Å². The van der Waals surface area contributed by atoms with E-state index in [9.17, 15) is 9.18 Å². The van der Waals surface area contributed by atoms with Crippen molar-refractivity contribution < 1.29 is 18.7 Å². The summed E-state index contributed by atoms with van der Waals surface area (Å²) in [4.78, 5) is 12.3. The van der Waals surface area contributed by atoms with Gasteiger partial charge in [-0.15, -0.1) is 0 Å². The molecule has 0 aliphatic heterocycles. The van der Waals surface area contributed by atoms with Crippen LogP contribution < -0.4 is 5.32 Å². The standard InChI is InChI=1S/C16H13ClFN3O3/c17-10-3-1-4-11(18)15(10)16(23)19-14-9-12(13-5-2-8-24-13)20-21(14)6-7-22/h1-5,8-9,22H,6-7H2,(H,19,23). The van der Waals surface area contributed by atoms with Gasteiger partial charge >= 0.3 is 0 Å². The number of anilines is 1. The van der Waals surface area contributed by atoms with E-state index < -0.39 is 11.7 Å². The normalized spacial score (nSPS) is 10.8. The molecular weight excluding hydrogens is 337 g/mol. The van der Waals surface area contributed by atoms with Gasteiger partial charge in [0.25, 0.3) is 5.91 Å². The van der Waals surface area contributed by atoms with Gasteiger partial charge in [0, 0.05) is 6.07 Å². The molecule has 0 saturated carbocycles. The second-order valence-electron chi connectivity index (χ2n) is 4.89. The highest BCUT2D eigenvalue weighted by Crippen LogP contribution is 2.24. The van der Waals surface area contributed by atoms with E-state index in [0.29, 0.717) is 17.3 Å². The maximum Gasteiger partial charge on any atom is 0.261 e. The lowest BCUT2D eigenvalue weighted by Gasteiger charge is -2.09. The zero-order valence-electron chi connectivity index (χ0n) is 12.4. The summed E-state index contributed by atoms with van der Waals surface area (Å²) in [5.74, 6) is -0.631. The average Bonchev–Trinajstić information content (AvgIpc) is 3.18. The highest BCUT2D eigenvalue weighted by molar-refractivity contribution is 6.34. The molecule has 2 aromatic heterocycles. The van der Waals surface area contributed by atoms with Gasteiger partial charge in [0.05, 0.1) is 30.0 Å². The van der Waals surface area contributed by atoms with Gasteiger partial charge in [0.1, 0.15) is 17.3 Å². The first-order valence-electron chi connectivity index (χ1n) is 7.08. The number of benzene rings is 1. The van der Waals surface area contributed by atoms with Gasteiger partial charge in [-0.1, -0.05) is 17.7 Å². The number of furan rings is 1. The first-order valence-corrected chi connectivity index (χ1v) is 7.46. The van der Waals surface area contributed by atoms with Crippen molar-refractivity contribution in [2.45, 2.75) is 6.54 Å². The van der Waals surface area contributed by atoms with Gasteiger partial charge in [0.2, 0.25) is 0 Å². The lowest BCUT2D eigenvalue weighted by atomic mass is 10.2. The van der Waals surface area contributed by atoms with Gasteiger partial charge in [-0.3, -0.25) is 4.79 Å². The molecule has 3 rings (SSSR count). The van der Waals surface area contributed by atoms with Crippen LogP contribution >= 0.6 is 11.6 Å². The maximum absolute atomic E-state index is 13.9. The van der Waals surface area contributed by atoms with Crippen LogP contribution in [0, 0.1) is 5.82 Å². The molecule has 8 heteroatoms. The van der Waals surface area contributed by atoms with Gasteiger partial charge in [-0.25, -0.2) is 9.07 Å². The summed E-state index contributed by atoms with van der Waals surface area (Å²) >= 11 is 5.90. The Kier molecular flexibility index (Phi) is 4.64. The Morgan fingerprint density at radius 1 is 1.38 bits per heavy atom. The van der Waals surface area contributed by atoms with Crippen LogP contribution in [0.3, 0.4) is 0 Å². The lowest BCUT2D eigenvalue weighted by molar-refractivity contribution is 0.102. The highest BCUT2D eigenvalue weighted by Gasteiger charge is 2.19. The third-order valence-corrected chi connectivity index (χ3v) is 3.61. The molecule has 0 saturated heterocycles. The Hall–Kier alpha value is -2.64. The van der Waals surface area contributed by atoms with E-state index in [4.69, 9.17) is 21.1 Å². The molecule has 0 atom stereocenters. The molecule has 2 N–H and O–H groups in total. The van der Waals surface area contributed by atoms with E-state index in [1.54, 1.807) is 18.2 Å². The van der Waals surface area contributed by atoms with Crippen molar-refractivity contribution in [2.24, 2.45) is 0 Å². The van der Waals surface area contributed by atoms with E-state index >= 15 is 0 Å². The number of nitrogens with zero attached hydrogens (tertiary/aromatic N) is 2. The zero-order chi connectivity index (χ0) is 17.1. The van der Waals surface area contributed by atoms with Gasteiger partial charge in [-0.2, -0.15) is 5.10 Å². The Morgan fingerprint density at radius 3 is 2.88 bits per heavy atom. The Morgan fingerprint density at radius 2 is 2.21 bits per heavy atom. The first-order chi connectivity index (χ1) is 11.6. The molecule has 3 aromatic rings.